The van der Waals surface area contributed by atoms with E-state index in [0.29, 0.717) is 11.4 Å². The number of aliphatic imine (C=N–C) groups is 1. The molecule has 1 fully saturated rings. The Bertz CT molecular complexity index is 807. The molecule has 0 aromatic carbocycles. The number of anilines is 1. The highest BCUT2D eigenvalue weighted by atomic mass is 32.2. The van der Waals surface area contributed by atoms with Crippen molar-refractivity contribution in [2.45, 2.75) is 26.7 Å². The van der Waals surface area contributed by atoms with Crippen molar-refractivity contribution in [2.75, 3.05) is 11.2 Å². The van der Waals surface area contributed by atoms with Crippen molar-refractivity contribution in [1.29, 1.82) is 0 Å². The van der Waals surface area contributed by atoms with Gasteiger partial charge in [-0.1, -0.05) is 0 Å². The summed E-state index contributed by atoms with van der Waals surface area (Å²) in [6.45, 7) is 7.62. The molecule has 1 aliphatic carbocycles. The van der Waals surface area contributed by atoms with Crippen molar-refractivity contribution < 1.29 is 4.79 Å². The Kier molecular flexibility index (Phi) is 5.65. The number of aryl methyl sites for hydroxylation is 2. The van der Waals surface area contributed by atoms with Crippen LogP contribution in [-0.2, 0) is 0 Å². The molecule has 2 aromatic heterocycles. The van der Waals surface area contributed by atoms with E-state index in [0.717, 1.165) is 39.9 Å². The van der Waals surface area contributed by atoms with Crippen LogP contribution in [-0.4, -0.2) is 28.3 Å². The molecule has 130 valence electrons. The number of Topliss-reactive ketones (excluding diaryl/α,β-unsaturated/α-hetero) is 1. The van der Waals surface area contributed by atoms with Gasteiger partial charge in [0.05, 0.1) is 27.2 Å². The van der Waals surface area contributed by atoms with Crippen molar-refractivity contribution in [3.05, 3.63) is 44.9 Å². The summed E-state index contributed by atoms with van der Waals surface area (Å²) in [7, 11) is 0. The highest BCUT2D eigenvalue weighted by Gasteiger charge is 2.30. The molecule has 25 heavy (non-hydrogen) atoms. The summed E-state index contributed by atoms with van der Waals surface area (Å²) in [4.78, 5) is 25.9. The van der Waals surface area contributed by atoms with Crippen LogP contribution in [0.2, 0.25) is 0 Å². The van der Waals surface area contributed by atoms with E-state index < -0.39 is 0 Å². The molecule has 3 rings (SSSR count). The Hall–Kier alpha value is -1.99. The van der Waals surface area contributed by atoms with Gasteiger partial charge in [0.25, 0.3) is 0 Å². The predicted molar refractivity (Wildman–Crippen MR) is 106 cm³/mol. The lowest BCUT2D eigenvalue weighted by Gasteiger charge is -2.05. The summed E-state index contributed by atoms with van der Waals surface area (Å²) in [6.07, 6.45) is 3.68. The van der Waals surface area contributed by atoms with Crippen LogP contribution in [0.15, 0.2) is 28.7 Å². The van der Waals surface area contributed by atoms with Gasteiger partial charge in [0.1, 0.15) is 5.82 Å². The molecule has 0 atom stereocenters. The second kappa shape index (κ2) is 7.93. The van der Waals surface area contributed by atoms with Crippen LogP contribution in [0.1, 0.15) is 38.8 Å². The van der Waals surface area contributed by atoms with Gasteiger partial charge in [-0.25, -0.2) is 9.97 Å². The highest BCUT2D eigenvalue weighted by Crippen LogP contribution is 2.32. The fourth-order valence-electron chi connectivity index (χ4n) is 2.39. The number of pyridine rings is 1. The SMILES string of the molecule is C=N/C(=C\SCNc1ccc(C(=O)C2CC2)cn1)c1sc(C)nc1C. The number of thioether (sulfide) groups is 1. The van der Waals surface area contributed by atoms with Gasteiger partial charge in [0.2, 0.25) is 0 Å². The standard InChI is InChI=1S/C18H20N4OS2/c1-11-18(25-12(2)22-11)15(19-3)9-24-10-21-16-7-6-14(8-20-16)17(23)13-4-5-13/h6-9,13H,3-5,10H2,1-2H3,(H,20,21)/b15-9-. The summed E-state index contributed by atoms with van der Waals surface area (Å²) >= 11 is 3.21. The van der Waals surface area contributed by atoms with Gasteiger partial charge in [-0.2, -0.15) is 0 Å². The van der Waals surface area contributed by atoms with Crippen LogP contribution >= 0.6 is 23.1 Å². The molecule has 1 aliphatic rings. The van der Waals surface area contributed by atoms with Crippen LogP contribution in [0.3, 0.4) is 0 Å². The largest absolute Gasteiger partial charge is 0.361 e. The smallest absolute Gasteiger partial charge is 0.167 e. The third-order valence-electron chi connectivity index (χ3n) is 3.83. The minimum absolute atomic E-state index is 0.216. The lowest BCUT2D eigenvalue weighted by molar-refractivity contribution is 0.0967. The predicted octanol–water partition coefficient (Wildman–Crippen LogP) is 4.55. The molecule has 5 nitrogen and oxygen atoms in total. The normalized spacial score (nSPS) is 14.4. The zero-order valence-electron chi connectivity index (χ0n) is 14.3. The Morgan fingerprint density at radius 3 is 2.84 bits per heavy atom. The maximum absolute atomic E-state index is 12.0. The maximum atomic E-state index is 12.0. The highest BCUT2D eigenvalue weighted by molar-refractivity contribution is 8.02. The number of rotatable bonds is 8. The first-order valence-corrected chi connectivity index (χ1v) is 9.92. The Labute approximate surface area is 155 Å². The molecule has 2 aromatic rings. The quantitative estimate of drug-likeness (QED) is 0.319. The molecule has 0 bridgehead atoms. The molecule has 0 amide bonds. The molecule has 0 saturated heterocycles. The number of hydrogen-bond donors (Lipinski definition) is 1. The Morgan fingerprint density at radius 1 is 1.48 bits per heavy atom. The summed E-state index contributed by atoms with van der Waals surface area (Å²) in [5.41, 5.74) is 2.52. The number of ketones is 1. The molecular weight excluding hydrogens is 352 g/mol. The van der Waals surface area contributed by atoms with Crippen molar-refractivity contribution >= 4 is 47.1 Å². The molecule has 0 aliphatic heterocycles. The molecule has 1 saturated carbocycles. The van der Waals surface area contributed by atoms with Crippen LogP contribution in [0.25, 0.3) is 5.70 Å². The van der Waals surface area contributed by atoms with E-state index in [4.69, 9.17) is 0 Å². The van der Waals surface area contributed by atoms with Crippen LogP contribution in [0, 0.1) is 19.8 Å². The van der Waals surface area contributed by atoms with E-state index in [2.05, 4.69) is 27.0 Å². The lowest BCUT2D eigenvalue weighted by Crippen LogP contribution is -2.04. The first-order chi connectivity index (χ1) is 12.1. The zero-order valence-corrected chi connectivity index (χ0v) is 15.9. The molecule has 1 N–H and O–H groups in total. The minimum atomic E-state index is 0.216. The Morgan fingerprint density at radius 2 is 2.28 bits per heavy atom. The fourth-order valence-corrected chi connectivity index (χ4v) is 4.03. The van der Waals surface area contributed by atoms with E-state index in [1.54, 1.807) is 29.3 Å². The van der Waals surface area contributed by atoms with Crippen LogP contribution in [0.4, 0.5) is 5.82 Å². The van der Waals surface area contributed by atoms with Gasteiger partial charge in [0, 0.05) is 17.7 Å². The topological polar surface area (TPSA) is 67.2 Å². The third-order valence-corrected chi connectivity index (χ3v) is 5.63. The first-order valence-electron chi connectivity index (χ1n) is 8.05. The van der Waals surface area contributed by atoms with E-state index in [1.165, 1.54) is 0 Å². The fraction of sp³-hybridized carbons (Fsp3) is 0.333. The molecule has 0 unspecified atom stereocenters. The number of hydrogen-bond acceptors (Lipinski definition) is 7. The van der Waals surface area contributed by atoms with Gasteiger partial charge in [0.15, 0.2) is 5.78 Å². The van der Waals surface area contributed by atoms with E-state index in [-0.39, 0.29) is 11.7 Å². The maximum Gasteiger partial charge on any atom is 0.167 e. The van der Waals surface area contributed by atoms with Crippen molar-refractivity contribution in [3.8, 4) is 0 Å². The lowest BCUT2D eigenvalue weighted by atomic mass is 10.1. The number of nitrogens with one attached hydrogen (secondary N) is 1. The number of thiazole rings is 1. The number of carbonyl (C=O) groups excluding carboxylic acids is 1. The molecule has 2 heterocycles. The van der Waals surface area contributed by atoms with Gasteiger partial charge in [-0.3, -0.25) is 9.79 Å². The number of aromatic nitrogens is 2. The van der Waals surface area contributed by atoms with E-state index >= 15 is 0 Å². The number of nitrogens with zero attached hydrogens (tertiary/aromatic N) is 3. The molecule has 0 radical (unpaired) electrons. The van der Waals surface area contributed by atoms with Gasteiger partial charge in [-0.05, 0) is 50.9 Å². The summed E-state index contributed by atoms with van der Waals surface area (Å²) in [5.74, 6) is 1.85. The minimum Gasteiger partial charge on any atom is -0.361 e. The average Bonchev–Trinajstić information content (AvgIpc) is 3.40. The van der Waals surface area contributed by atoms with Crippen molar-refractivity contribution in [1.82, 2.24) is 9.97 Å². The van der Waals surface area contributed by atoms with E-state index in [9.17, 15) is 4.79 Å². The Balaban J connectivity index is 1.54. The van der Waals surface area contributed by atoms with Gasteiger partial charge >= 0.3 is 0 Å². The molecular formula is C18H20N4OS2. The third kappa shape index (κ3) is 4.55. The monoisotopic (exact) mass is 372 g/mol. The first kappa shape index (κ1) is 17.8. The van der Waals surface area contributed by atoms with Gasteiger partial charge < -0.3 is 5.32 Å². The summed E-state index contributed by atoms with van der Waals surface area (Å²) in [6, 6.07) is 3.69. The summed E-state index contributed by atoms with van der Waals surface area (Å²) in [5, 5.41) is 6.23. The average molecular weight is 373 g/mol. The van der Waals surface area contributed by atoms with E-state index in [1.807, 2.05) is 31.4 Å². The van der Waals surface area contributed by atoms with Crippen molar-refractivity contribution in [2.24, 2.45) is 10.9 Å². The number of carbonyl (C=O) groups is 1. The van der Waals surface area contributed by atoms with Crippen LogP contribution in [0.5, 0.6) is 0 Å². The van der Waals surface area contributed by atoms with Gasteiger partial charge in [-0.15, -0.1) is 23.1 Å². The second-order valence-corrected chi connectivity index (χ2v) is 7.93. The second-order valence-electron chi connectivity index (χ2n) is 5.87. The van der Waals surface area contributed by atoms with Crippen molar-refractivity contribution in [3.63, 3.8) is 0 Å². The molecule has 7 heteroatoms. The summed E-state index contributed by atoms with van der Waals surface area (Å²) < 4.78 is 0. The molecule has 0 spiro atoms. The zero-order chi connectivity index (χ0) is 17.8. The van der Waals surface area contributed by atoms with Crippen LogP contribution < -0.4 is 5.32 Å².